The van der Waals surface area contributed by atoms with Gasteiger partial charge < -0.3 is 10.2 Å². The third kappa shape index (κ3) is 3.05. The zero-order chi connectivity index (χ0) is 13.8. The van der Waals surface area contributed by atoms with Gasteiger partial charge in [-0.15, -0.1) is 0 Å². The number of anilines is 1. The fourth-order valence-corrected chi connectivity index (χ4v) is 3.58. The van der Waals surface area contributed by atoms with Gasteiger partial charge in [-0.25, -0.2) is 0 Å². The molecule has 106 valence electrons. The minimum absolute atomic E-state index is 0.410. The zero-order valence-corrected chi connectivity index (χ0v) is 12.8. The normalized spacial score (nSPS) is 16.6. The Kier molecular flexibility index (Phi) is 4.38. The highest BCUT2D eigenvalue weighted by molar-refractivity contribution is 7.07. The summed E-state index contributed by atoms with van der Waals surface area (Å²) in [5.41, 5.74) is 4.21. The van der Waals surface area contributed by atoms with Gasteiger partial charge in [0.2, 0.25) is 0 Å². The molecule has 0 saturated carbocycles. The molecule has 3 heteroatoms. The Morgan fingerprint density at radius 1 is 1.20 bits per heavy atom. The maximum absolute atomic E-state index is 3.65. The number of para-hydroxylation sites is 1. The molecule has 0 aliphatic carbocycles. The van der Waals surface area contributed by atoms with Crippen LogP contribution in [0.1, 0.15) is 36.9 Å². The second-order valence-electron chi connectivity index (χ2n) is 5.48. The maximum Gasteiger partial charge on any atom is 0.0411 e. The van der Waals surface area contributed by atoms with Gasteiger partial charge >= 0.3 is 0 Å². The smallest absolute Gasteiger partial charge is 0.0411 e. The zero-order valence-electron chi connectivity index (χ0n) is 12.0. The lowest BCUT2D eigenvalue weighted by atomic mass is 10.1. The van der Waals surface area contributed by atoms with Crippen molar-refractivity contribution in [2.24, 2.45) is 0 Å². The lowest BCUT2D eigenvalue weighted by Crippen LogP contribution is -2.23. The highest BCUT2D eigenvalue weighted by Gasteiger charge is 2.15. The summed E-state index contributed by atoms with van der Waals surface area (Å²) in [6.45, 7) is 5.58. The molecule has 1 saturated heterocycles. The number of nitrogens with one attached hydrogen (secondary N) is 1. The van der Waals surface area contributed by atoms with E-state index in [1.165, 1.54) is 42.7 Å². The third-order valence-electron chi connectivity index (χ3n) is 4.08. The molecule has 1 aliphatic heterocycles. The van der Waals surface area contributed by atoms with Gasteiger partial charge in [0.15, 0.2) is 0 Å². The number of rotatable bonds is 5. The van der Waals surface area contributed by atoms with Gasteiger partial charge in [0.05, 0.1) is 0 Å². The van der Waals surface area contributed by atoms with E-state index in [9.17, 15) is 0 Å². The van der Waals surface area contributed by atoms with E-state index in [1.54, 1.807) is 11.3 Å². The van der Waals surface area contributed by atoms with Crippen molar-refractivity contribution in [3.8, 4) is 0 Å². The van der Waals surface area contributed by atoms with Gasteiger partial charge in [-0.1, -0.05) is 18.2 Å². The van der Waals surface area contributed by atoms with Crippen LogP contribution in [0.3, 0.4) is 0 Å². The Balaban J connectivity index is 1.68. The van der Waals surface area contributed by atoms with Crippen LogP contribution in [0, 0.1) is 0 Å². The lowest BCUT2D eigenvalue weighted by Gasteiger charge is -2.22. The van der Waals surface area contributed by atoms with E-state index in [4.69, 9.17) is 0 Å². The second kappa shape index (κ2) is 6.42. The molecular weight excluding hydrogens is 264 g/mol. The average Bonchev–Trinajstić information content (AvgIpc) is 3.17. The van der Waals surface area contributed by atoms with Crippen molar-refractivity contribution in [1.29, 1.82) is 0 Å². The summed E-state index contributed by atoms with van der Waals surface area (Å²) in [5.74, 6) is 0. The van der Waals surface area contributed by atoms with Gasteiger partial charge in [0, 0.05) is 31.4 Å². The minimum atomic E-state index is 0.410. The van der Waals surface area contributed by atoms with E-state index < -0.39 is 0 Å². The van der Waals surface area contributed by atoms with Crippen LogP contribution in [0.5, 0.6) is 0 Å². The Hall–Kier alpha value is -1.32. The Morgan fingerprint density at radius 3 is 2.75 bits per heavy atom. The van der Waals surface area contributed by atoms with Gasteiger partial charge in [0.1, 0.15) is 0 Å². The monoisotopic (exact) mass is 286 g/mol. The molecule has 0 bridgehead atoms. The summed E-state index contributed by atoms with van der Waals surface area (Å²) in [5, 5.41) is 8.02. The van der Waals surface area contributed by atoms with Crippen molar-refractivity contribution < 1.29 is 0 Å². The van der Waals surface area contributed by atoms with Gasteiger partial charge in [-0.2, -0.15) is 11.3 Å². The first-order valence-corrected chi connectivity index (χ1v) is 8.37. The molecule has 3 rings (SSSR count). The molecule has 1 N–H and O–H groups in total. The molecule has 0 radical (unpaired) electrons. The Labute approximate surface area is 125 Å². The minimum Gasteiger partial charge on any atom is -0.371 e. The first-order valence-electron chi connectivity index (χ1n) is 7.43. The van der Waals surface area contributed by atoms with Crippen LogP contribution in [0.15, 0.2) is 41.1 Å². The van der Waals surface area contributed by atoms with E-state index >= 15 is 0 Å². The molecule has 0 amide bonds. The predicted octanol–water partition coefficient (Wildman–Crippen LogP) is 4.20. The van der Waals surface area contributed by atoms with Crippen molar-refractivity contribution in [3.05, 3.63) is 52.2 Å². The molecule has 20 heavy (non-hydrogen) atoms. The highest BCUT2D eigenvalue weighted by Crippen LogP contribution is 2.25. The summed E-state index contributed by atoms with van der Waals surface area (Å²) >= 11 is 1.76. The van der Waals surface area contributed by atoms with Crippen LogP contribution in [-0.2, 0) is 6.54 Å². The van der Waals surface area contributed by atoms with Crippen molar-refractivity contribution >= 4 is 17.0 Å². The number of thiophene rings is 1. The summed E-state index contributed by atoms with van der Waals surface area (Å²) in [4.78, 5) is 2.52. The summed E-state index contributed by atoms with van der Waals surface area (Å²) in [7, 11) is 0. The molecule has 1 fully saturated rings. The molecule has 2 nitrogen and oxygen atoms in total. The molecule has 2 aromatic rings. The molecule has 1 aromatic carbocycles. The van der Waals surface area contributed by atoms with E-state index in [1.807, 2.05) is 0 Å². The quantitative estimate of drug-likeness (QED) is 0.886. The molecule has 1 aromatic heterocycles. The maximum atomic E-state index is 3.65. The highest BCUT2D eigenvalue weighted by atomic mass is 32.1. The second-order valence-corrected chi connectivity index (χ2v) is 6.26. The number of hydrogen-bond donors (Lipinski definition) is 1. The fourth-order valence-electron chi connectivity index (χ4n) is 2.83. The molecule has 1 atom stereocenters. The van der Waals surface area contributed by atoms with Gasteiger partial charge in [0.25, 0.3) is 0 Å². The van der Waals surface area contributed by atoms with Gasteiger partial charge in [-0.05, 0) is 53.8 Å². The fraction of sp³-hybridized carbons (Fsp3) is 0.412. The number of hydrogen-bond acceptors (Lipinski definition) is 3. The van der Waals surface area contributed by atoms with Crippen LogP contribution in [0.4, 0.5) is 5.69 Å². The first kappa shape index (κ1) is 13.7. The predicted molar refractivity (Wildman–Crippen MR) is 87.5 cm³/mol. The van der Waals surface area contributed by atoms with E-state index in [0.717, 1.165) is 6.54 Å². The SMILES string of the molecule is CC(NCc1ccccc1N1CCCC1)c1ccsc1. The summed E-state index contributed by atoms with van der Waals surface area (Å²) < 4.78 is 0. The molecule has 1 aliphatic rings. The lowest BCUT2D eigenvalue weighted by molar-refractivity contribution is 0.576. The van der Waals surface area contributed by atoms with Crippen molar-refractivity contribution in [2.45, 2.75) is 32.4 Å². The number of nitrogens with zero attached hydrogens (tertiary/aromatic N) is 1. The van der Waals surface area contributed by atoms with E-state index in [0.29, 0.717) is 6.04 Å². The topological polar surface area (TPSA) is 15.3 Å². The van der Waals surface area contributed by atoms with Crippen molar-refractivity contribution in [2.75, 3.05) is 18.0 Å². The summed E-state index contributed by atoms with van der Waals surface area (Å²) in [6, 6.07) is 11.4. The van der Waals surface area contributed by atoms with Crippen LogP contribution >= 0.6 is 11.3 Å². The number of benzene rings is 1. The van der Waals surface area contributed by atoms with Crippen molar-refractivity contribution in [1.82, 2.24) is 5.32 Å². The first-order chi connectivity index (χ1) is 9.84. The van der Waals surface area contributed by atoms with Crippen LogP contribution < -0.4 is 10.2 Å². The Bertz CT molecular complexity index is 530. The van der Waals surface area contributed by atoms with E-state index in [2.05, 4.69) is 58.2 Å². The standard InChI is InChI=1S/C17H22N2S/c1-14(16-8-11-20-13-16)18-12-15-6-2-3-7-17(15)19-9-4-5-10-19/h2-3,6-8,11,13-14,18H,4-5,9-10,12H2,1H3. The van der Waals surface area contributed by atoms with Crippen LogP contribution in [0.25, 0.3) is 0 Å². The third-order valence-corrected chi connectivity index (χ3v) is 4.78. The Morgan fingerprint density at radius 2 is 2.00 bits per heavy atom. The molecule has 1 unspecified atom stereocenters. The van der Waals surface area contributed by atoms with Crippen LogP contribution in [-0.4, -0.2) is 13.1 Å². The van der Waals surface area contributed by atoms with E-state index in [-0.39, 0.29) is 0 Å². The average molecular weight is 286 g/mol. The van der Waals surface area contributed by atoms with Gasteiger partial charge in [-0.3, -0.25) is 0 Å². The molecule has 2 heterocycles. The summed E-state index contributed by atoms with van der Waals surface area (Å²) in [6.07, 6.45) is 2.65. The molecular formula is C17H22N2S. The van der Waals surface area contributed by atoms with Crippen molar-refractivity contribution in [3.63, 3.8) is 0 Å². The molecule has 0 spiro atoms. The largest absolute Gasteiger partial charge is 0.371 e. The van der Waals surface area contributed by atoms with Crippen LogP contribution in [0.2, 0.25) is 0 Å².